The van der Waals surface area contributed by atoms with Gasteiger partial charge in [-0.15, -0.1) is 11.3 Å². The lowest BCUT2D eigenvalue weighted by Crippen LogP contribution is -2.05. The Morgan fingerprint density at radius 1 is 1.19 bits per heavy atom. The molecule has 0 spiro atoms. The maximum Gasteiger partial charge on any atom is 0.416 e. The summed E-state index contributed by atoms with van der Waals surface area (Å²) in [6.07, 6.45) is -3.06. The fraction of sp³-hybridized carbons (Fsp3) is 0.0526. The average Bonchev–Trinajstić information content (AvgIpc) is 3.12. The summed E-state index contributed by atoms with van der Waals surface area (Å²) >= 11 is 4.69. The first-order valence-corrected chi connectivity index (χ1v) is 9.30. The van der Waals surface area contributed by atoms with Crippen LogP contribution >= 0.6 is 27.3 Å². The Balaban J connectivity index is 1.83. The van der Waals surface area contributed by atoms with E-state index in [9.17, 15) is 18.4 Å². The average molecular weight is 450 g/mol. The fourth-order valence-electron chi connectivity index (χ4n) is 2.26. The van der Waals surface area contributed by atoms with Crippen LogP contribution in [0, 0.1) is 11.3 Å². The summed E-state index contributed by atoms with van der Waals surface area (Å²) in [4.78, 5) is 4.45. The topological polar surface area (TPSA) is 48.7 Å². The fourth-order valence-corrected chi connectivity index (χ4v) is 3.45. The number of rotatable bonds is 4. The van der Waals surface area contributed by atoms with E-state index >= 15 is 0 Å². The van der Waals surface area contributed by atoms with Crippen molar-refractivity contribution in [3.05, 3.63) is 75.2 Å². The van der Waals surface area contributed by atoms with Crippen LogP contribution in [0.4, 0.5) is 18.9 Å². The molecule has 1 aromatic heterocycles. The van der Waals surface area contributed by atoms with E-state index in [1.165, 1.54) is 29.7 Å². The molecule has 1 N–H and O–H groups in total. The molecular formula is C19H11BrF3N3S. The standard InChI is InChI=1S/C19H11BrF3N3S/c20-15-5-1-3-12(7-15)17-11-27-18(26-17)13(9-24)10-25-16-6-2-4-14(8-16)19(21,22)23/h1-8,10-11,25H/b13-10+. The third-order valence-corrected chi connectivity index (χ3v) is 4.92. The molecule has 0 aliphatic heterocycles. The Morgan fingerprint density at radius 2 is 1.96 bits per heavy atom. The number of benzene rings is 2. The highest BCUT2D eigenvalue weighted by Gasteiger charge is 2.30. The van der Waals surface area contributed by atoms with E-state index in [1.54, 1.807) is 0 Å². The minimum absolute atomic E-state index is 0.235. The molecule has 0 aliphatic carbocycles. The number of hydrogen-bond acceptors (Lipinski definition) is 4. The van der Waals surface area contributed by atoms with Gasteiger partial charge in [-0.05, 0) is 30.3 Å². The van der Waals surface area contributed by atoms with Crippen molar-refractivity contribution in [1.29, 1.82) is 5.26 Å². The van der Waals surface area contributed by atoms with Crippen molar-refractivity contribution in [1.82, 2.24) is 4.98 Å². The SMILES string of the molecule is N#C/C(=C\Nc1cccc(C(F)(F)F)c1)c1nc(-c2cccc(Br)c2)cs1. The van der Waals surface area contributed by atoms with Crippen LogP contribution in [0.1, 0.15) is 10.6 Å². The van der Waals surface area contributed by atoms with Gasteiger partial charge in [0.1, 0.15) is 16.6 Å². The molecule has 1 heterocycles. The molecule has 0 saturated heterocycles. The molecule has 0 amide bonds. The van der Waals surface area contributed by atoms with Crippen LogP contribution < -0.4 is 5.32 Å². The summed E-state index contributed by atoms with van der Waals surface area (Å²) in [5.74, 6) is 0. The van der Waals surface area contributed by atoms with Gasteiger partial charge in [-0.25, -0.2) is 4.98 Å². The van der Waals surface area contributed by atoms with Gasteiger partial charge in [0.25, 0.3) is 0 Å². The minimum Gasteiger partial charge on any atom is -0.360 e. The van der Waals surface area contributed by atoms with Gasteiger partial charge in [-0.1, -0.05) is 34.1 Å². The molecule has 3 nitrogen and oxygen atoms in total. The largest absolute Gasteiger partial charge is 0.416 e. The Hall–Kier alpha value is -2.63. The summed E-state index contributed by atoms with van der Waals surface area (Å²) < 4.78 is 39.3. The second-order valence-electron chi connectivity index (χ2n) is 5.44. The lowest BCUT2D eigenvalue weighted by atomic mass is 10.2. The molecular weight excluding hydrogens is 439 g/mol. The molecule has 2 aromatic carbocycles. The van der Waals surface area contributed by atoms with Gasteiger partial charge in [0.15, 0.2) is 0 Å². The van der Waals surface area contributed by atoms with Crippen molar-refractivity contribution >= 4 is 38.5 Å². The molecule has 0 saturated carbocycles. The lowest BCUT2D eigenvalue weighted by Gasteiger charge is -2.08. The second kappa shape index (κ2) is 7.94. The molecule has 3 aromatic rings. The van der Waals surface area contributed by atoms with Gasteiger partial charge in [0.2, 0.25) is 0 Å². The molecule has 0 bridgehead atoms. The highest BCUT2D eigenvalue weighted by atomic mass is 79.9. The zero-order valence-electron chi connectivity index (χ0n) is 13.6. The molecule has 0 atom stereocenters. The Labute approximate surface area is 165 Å². The highest BCUT2D eigenvalue weighted by Crippen LogP contribution is 2.31. The number of thiazole rings is 1. The molecule has 0 radical (unpaired) electrons. The number of hydrogen-bond donors (Lipinski definition) is 1. The van der Waals surface area contributed by atoms with Crippen molar-refractivity contribution in [2.75, 3.05) is 5.32 Å². The number of anilines is 1. The molecule has 8 heteroatoms. The molecule has 0 aliphatic rings. The maximum absolute atomic E-state index is 12.8. The summed E-state index contributed by atoms with van der Waals surface area (Å²) in [6, 6.07) is 14.4. The number of aromatic nitrogens is 1. The molecule has 0 unspecified atom stereocenters. The normalized spacial score (nSPS) is 11.9. The first kappa shape index (κ1) is 19.1. The first-order valence-electron chi connectivity index (χ1n) is 7.63. The van der Waals surface area contributed by atoms with Gasteiger partial charge >= 0.3 is 6.18 Å². The van der Waals surface area contributed by atoms with Gasteiger partial charge < -0.3 is 5.32 Å². The van der Waals surface area contributed by atoms with Crippen molar-refractivity contribution in [2.45, 2.75) is 6.18 Å². The van der Waals surface area contributed by atoms with E-state index in [-0.39, 0.29) is 11.3 Å². The van der Waals surface area contributed by atoms with Crippen LogP contribution in [-0.2, 0) is 6.18 Å². The Bertz CT molecular complexity index is 1030. The molecule has 136 valence electrons. The van der Waals surface area contributed by atoms with Gasteiger partial charge in [0.05, 0.1) is 11.3 Å². The number of nitrogens with one attached hydrogen (secondary N) is 1. The second-order valence-corrected chi connectivity index (χ2v) is 7.21. The quantitative estimate of drug-likeness (QED) is 0.458. The predicted octanol–water partition coefficient (Wildman–Crippen LogP) is 6.57. The zero-order valence-corrected chi connectivity index (χ0v) is 16.0. The molecule has 3 rings (SSSR count). The smallest absolute Gasteiger partial charge is 0.360 e. The minimum atomic E-state index is -4.42. The number of allylic oxidation sites excluding steroid dienone is 1. The third kappa shape index (κ3) is 4.76. The Morgan fingerprint density at radius 3 is 2.67 bits per heavy atom. The first-order chi connectivity index (χ1) is 12.9. The van der Waals surface area contributed by atoms with Gasteiger partial charge in [0, 0.05) is 27.3 Å². The summed E-state index contributed by atoms with van der Waals surface area (Å²) in [6.45, 7) is 0. The predicted molar refractivity (Wildman–Crippen MR) is 104 cm³/mol. The van der Waals surface area contributed by atoms with Gasteiger partial charge in [-0.2, -0.15) is 18.4 Å². The van der Waals surface area contributed by atoms with E-state index in [0.717, 1.165) is 27.9 Å². The van der Waals surface area contributed by atoms with Crippen molar-refractivity contribution < 1.29 is 13.2 Å². The van der Waals surface area contributed by atoms with Crippen LogP contribution in [-0.4, -0.2) is 4.98 Å². The van der Waals surface area contributed by atoms with E-state index in [0.29, 0.717) is 5.01 Å². The van der Waals surface area contributed by atoms with Crippen molar-refractivity contribution in [3.63, 3.8) is 0 Å². The molecule has 0 fully saturated rings. The monoisotopic (exact) mass is 449 g/mol. The summed E-state index contributed by atoms with van der Waals surface area (Å²) in [7, 11) is 0. The van der Waals surface area contributed by atoms with Crippen molar-refractivity contribution in [3.8, 4) is 17.3 Å². The van der Waals surface area contributed by atoms with Crippen LogP contribution in [0.2, 0.25) is 0 Å². The van der Waals surface area contributed by atoms with Crippen LogP contribution in [0.15, 0.2) is 64.6 Å². The number of nitriles is 1. The number of alkyl halides is 3. The lowest BCUT2D eigenvalue weighted by molar-refractivity contribution is -0.137. The van der Waals surface area contributed by atoms with E-state index < -0.39 is 11.7 Å². The van der Waals surface area contributed by atoms with E-state index in [1.807, 2.05) is 35.7 Å². The maximum atomic E-state index is 12.8. The summed E-state index contributed by atoms with van der Waals surface area (Å²) in [5.41, 5.74) is 1.33. The van der Waals surface area contributed by atoms with E-state index in [2.05, 4.69) is 26.2 Å². The van der Waals surface area contributed by atoms with Crippen LogP contribution in [0.3, 0.4) is 0 Å². The van der Waals surface area contributed by atoms with Gasteiger partial charge in [-0.3, -0.25) is 0 Å². The van der Waals surface area contributed by atoms with Crippen LogP contribution in [0.25, 0.3) is 16.8 Å². The third-order valence-electron chi connectivity index (χ3n) is 3.55. The van der Waals surface area contributed by atoms with Crippen LogP contribution in [0.5, 0.6) is 0 Å². The number of nitrogens with zero attached hydrogens (tertiary/aromatic N) is 2. The van der Waals surface area contributed by atoms with Crippen molar-refractivity contribution in [2.24, 2.45) is 0 Å². The van der Waals surface area contributed by atoms with E-state index in [4.69, 9.17) is 0 Å². The zero-order chi connectivity index (χ0) is 19.4. The molecule has 27 heavy (non-hydrogen) atoms. The summed E-state index contributed by atoms with van der Waals surface area (Å²) in [5, 5.41) is 14.4. The number of halogens is 4. The highest BCUT2D eigenvalue weighted by molar-refractivity contribution is 9.10. The Kier molecular flexibility index (Phi) is 5.63.